The monoisotopic (exact) mass is 839 g/mol. The first kappa shape index (κ1) is 39.0. The van der Waals surface area contributed by atoms with Gasteiger partial charge in [0.05, 0.1) is 22.1 Å². The quantitative estimate of drug-likeness (QED) is 0.168. The molecule has 12 rings (SSSR count). The number of fused-ring (bicyclic) bond motifs is 8. The van der Waals surface area contributed by atoms with Crippen molar-refractivity contribution < 1.29 is 0 Å². The van der Waals surface area contributed by atoms with Crippen LogP contribution in [0.2, 0.25) is 0 Å². The first-order valence-electron chi connectivity index (χ1n) is 22.8. The maximum atomic E-state index is 5.30. The molecule has 1 atom stereocenters. The van der Waals surface area contributed by atoms with Crippen LogP contribution in [0.5, 0.6) is 0 Å². The summed E-state index contributed by atoms with van der Waals surface area (Å²) in [5, 5.41) is 4.74. The van der Waals surface area contributed by atoms with Gasteiger partial charge in [-0.05, 0) is 92.9 Å². The van der Waals surface area contributed by atoms with Crippen molar-refractivity contribution in [3.8, 4) is 56.7 Å². The smallest absolute Gasteiger partial charge is 0.238 e. The van der Waals surface area contributed by atoms with Gasteiger partial charge >= 0.3 is 0 Å². The van der Waals surface area contributed by atoms with Crippen LogP contribution in [0.3, 0.4) is 0 Å². The Morgan fingerprint density at radius 1 is 0.446 bits per heavy atom. The van der Waals surface area contributed by atoms with Crippen LogP contribution in [0.1, 0.15) is 52.2 Å². The second-order valence-corrected chi connectivity index (χ2v) is 19.1. The Morgan fingerprint density at radius 3 is 1.62 bits per heavy atom. The summed E-state index contributed by atoms with van der Waals surface area (Å²) in [7, 11) is 0. The highest BCUT2D eigenvalue weighted by Gasteiger charge is 2.43. The predicted molar refractivity (Wildman–Crippen MR) is 270 cm³/mol. The summed E-state index contributed by atoms with van der Waals surface area (Å²) >= 11 is 0. The molecule has 1 aliphatic rings. The van der Waals surface area contributed by atoms with Crippen molar-refractivity contribution in [3.05, 3.63) is 199 Å². The molecule has 3 heterocycles. The van der Waals surface area contributed by atoms with Gasteiger partial charge in [-0.3, -0.25) is 4.57 Å². The summed E-state index contributed by atoms with van der Waals surface area (Å²) < 4.78 is 4.69. The second kappa shape index (κ2) is 14.7. The van der Waals surface area contributed by atoms with E-state index in [2.05, 4.69) is 208 Å². The minimum Gasteiger partial charge on any atom is -0.309 e. The zero-order valence-corrected chi connectivity index (χ0v) is 37.4. The number of hydrogen-bond acceptors (Lipinski definition) is 3. The molecule has 0 bridgehead atoms. The van der Waals surface area contributed by atoms with Crippen molar-refractivity contribution >= 4 is 43.6 Å². The summed E-state index contributed by atoms with van der Waals surface area (Å²) in [5.41, 5.74) is 15.4. The van der Waals surface area contributed by atoms with E-state index in [1.165, 1.54) is 55.9 Å². The molecule has 0 saturated carbocycles. The Kier molecular flexibility index (Phi) is 8.83. The Balaban J connectivity index is 1.07. The number of benzene rings is 8. The molecule has 11 aromatic rings. The molecule has 314 valence electrons. The van der Waals surface area contributed by atoms with E-state index >= 15 is 0 Å². The highest BCUT2D eigenvalue weighted by molar-refractivity contribution is 6.28. The van der Waals surface area contributed by atoms with Crippen LogP contribution in [0.25, 0.3) is 100 Å². The lowest BCUT2D eigenvalue weighted by Gasteiger charge is -2.47. The first-order valence-corrected chi connectivity index (χ1v) is 22.8. The van der Waals surface area contributed by atoms with E-state index in [1.807, 2.05) is 24.3 Å². The van der Waals surface area contributed by atoms with E-state index in [1.54, 1.807) is 0 Å². The molecular weight excluding hydrogens is 791 g/mol. The molecule has 5 nitrogen and oxygen atoms in total. The van der Waals surface area contributed by atoms with Gasteiger partial charge in [0.2, 0.25) is 5.95 Å². The van der Waals surface area contributed by atoms with E-state index in [0.717, 1.165) is 44.3 Å². The molecule has 0 radical (unpaired) electrons. The third-order valence-electron chi connectivity index (χ3n) is 14.5. The number of aromatic nitrogens is 5. The van der Waals surface area contributed by atoms with Crippen LogP contribution < -0.4 is 0 Å². The van der Waals surface area contributed by atoms with Crippen LogP contribution >= 0.6 is 0 Å². The van der Waals surface area contributed by atoms with Gasteiger partial charge in [-0.25, -0.2) is 4.98 Å². The molecule has 0 fully saturated rings. The van der Waals surface area contributed by atoms with Crippen molar-refractivity contribution in [2.75, 3.05) is 0 Å². The molecule has 0 aliphatic heterocycles. The molecular formula is C60H49N5. The SMILES string of the molecule is CC1CC(C)(C)c2cccc(-c3cccc(-n4c5ccccc5c5c6c7ccccc7n(-c7nc(-c8ccccc8)nc(-c8ccc(-c9ccccc9)cc8)n7)c6ccc54)c3)c2C1(C)C. The second-order valence-electron chi connectivity index (χ2n) is 19.1. The van der Waals surface area contributed by atoms with Gasteiger partial charge in [-0.2, -0.15) is 9.97 Å². The van der Waals surface area contributed by atoms with E-state index in [0.29, 0.717) is 23.5 Å². The highest BCUT2D eigenvalue weighted by atomic mass is 15.2. The van der Waals surface area contributed by atoms with Gasteiger partial charge in [0.25, 0.3) is 0 Å². The largest absolute Gasteiger partial charge is 0.309 e. The lowest BCUT2D eigenvalue weighted by molar-refractivity contribution is 0.234. The minimum absolute atomic E-state index is 0.0399. The van der Waals surface area contributed by atoms with Gasteiger partial charge < -0.3 is 4.57 Å². The Bertz CT molecular complexity index is 3630. The van der Waals surface area contributed by atoms with E-state index < -0.39 is 0 Å². The molecule has 0 amide bonds. The van der Waals surface area contributed by atoms with Crippen LogP contribution in [0.4, 0.5) is 0 Å². The molecule has 1 aliphatic carbocycles. The van der Waals surface area contributed by atoms with Gasteiger partial charge in [0, 0.05) is 38.4 Å². The molecule has 65 heavy (non-hydrogen) atoms. The van der Waals surface area contributed by atoms with Crippen LogP contribution in [0.15, 0.2) is 188 Å². The molecule has 3 aromatic heterocycles. The number of para-hydroxylation sites is 2. The summed E-state index contributed by atoms with van der Waals surface area (Å²) in [5.74, 6) is 2.38. The maximum absolute atomic E-state index is 5.30. The predicted octanol–water partition coefficient (Wildman–Crippen LogP) is 15.3. The lowest BCUT2D eigenvalue weighted by atomic mass is 9.57. The number of nitrogens with zero attached hydrogens (tertiary/aromatic N) is 5. The molecule has 0 spiro atoms. The maximum Gasteiger partial charge on any atom is 0.238 e. The lowest BCUT2D eigenvalue weighted by Crippen LogP contribution is -2.40. The van der Waals surface area contributed by atoms with E-state index in [-0.39, 0.29) is 10.8 Å². The van der Waals surface area contributed by atoms with Gasteiger partial charge in [-0.1, -0.05) is 186 Å². The standard InChI is InChI=1S/C60H49N5/c1-38-37-59(2,3)48-27-17-26-45(55(48)60(38,4)5)43-22-16-23-44(36-43)64-49-28-14-12-24-46(49)53-51(64)34-35-52-54(53)47-25-13-15-29-50(47)65(52)58-62-56(41-20-10-7-11-21-41)61-57(63-58)42-32-30-40(31-33-42)39-18-8-6-9-19-39/h6-36,38H,37H2,1-5H3. The fraction of sp³-hybridized carbons (Fsp3) is 0.150. The van der Waals surface area contributed by atoms with E-state index in [9.17, 15) is 0 Å². The van der Waals surface area contributed by atoms with Crippen molar-refractivity contribution in [2.24, 2.45) is 5.92 Å². The summed E-state index contributed by atoms with van der Waals surface area (Å²) in [6.07, 6.45) is 1.17. The van der Waals surface area contributed by atoms with Crippen LogP contribution in [-0.4, -0.2) is 24.1 Å². The molecule has 0 N–H and O–H groups in total. The first-order chi connectivity index (χ1) is 31.7. The third-order valence-corrected chi connectivity index (χ3v) is 14.5. The summed E-state index contributed by atoms with van der Waals surface area (Å²) in [6.45, 7) is 12.1. The highest BCUT2D eigenvalue weighted by Crippen LogP contribution is 2.52. The fourth-order valence-electron chi connectivity index (χ4n) is 11.0. The topological polar surface area (TPSA) is 48.5 Å². The number of hydrogen-bond donors (Lipinski definition) is 0. The Hall–Kier alpha value is -7.63. The zero-order valence-electron chi connectivity index (χ0n) is 37.4. The van der Waals surface area contributed by atoms with Crippen LogP contribution in [-0.2, 0) is 10.8 Å². The Labute approximate surface area is 379 Å². The van der Waals surface area contributed by atoms with Gasteiger partial charge in [0.15, 0.2) is 11.6 Å². The number of rotatable bonds is 6. The average Bonchev–Trinajstić information content (AvgIpc) is 3.87. The summed E-state index contributed by atoms with van der Waals surface area (Å²) in [4.78, 5) is 15.7. The van der Waals surface area contributed by atoms with Crippen LogP contribution in [0, 0.1) is 5.92 Å². The van der Waals surface area contributed by atoms with Gasteiger partial charge in [0.1, 0.15) is 0 Å². The summed E-state index contributed by atoms with van der Waals surface area (Å²) in [6, 6.07) is 67.5. The molecule has 8 aromatic carbocycles. The van der Waals surface area contributed by atoms with Crippen molar-refractivity contribution in [1.82, 2.24) is 24.1 Å². The Morgan fingerprint density at radius 2 is 0.954 bits per heavy atom. The van der Waals surface area contributed by atoms with Crippen molar-refractivity contribution in [3.63, 3.8) is 0 Å². The normalized spacial score (nSPS) is 15.5. The minimum atomic E-state index is 0.0399. The van der Waals surface area contributed by atoms with Crippen molar-refractivity contribution in [1.29, 1.82) is 0 Å². The fourth-order valence-corrected chi connectivity index (χ4v) is 11.0. The van der Waals surface area contributed by atoms with Crippen molar-refractivity contribution in [2.45, 2.75) is 51.9 Å². The van der Waals surface area contributed by atoms with E-state index in [4.69, 9.17) is 15.0 Å². The molecule has 1 unspecified atom stereocenters. The molecule has 5 heteroatoms. The average molecular weight is 840 g/mol. The molecule has 0 saturated heterocycles. The third kappa shape index (κ3) is 6.17. The van der Waals surface area contributed by atoms with Gasteiger partial charge in [-0.15, -0.1) is 0 Å². The zero-order chi connectivity index (χ0) is 44.0.